The highest BCUT2D eigenvalue weighted by Gasteiger charge is 2.13. The number of nitrogens with zero attached hydrogens (tertiary/aromatic N) is 1. The van der Waals surface area contributed by atoms with Gasteiger partial charge in [0.25, 0.3) is 0 Å². The van der Waals surface area contributed by atoms with E-state index in [1.165, 1.54) is 11.1 Å². The van der Waals surface area contributed by atoms with Crippen molar-refractivity contribution < 1.29 is 14.2 Å². The first-order valence-corrected chi connectivity index (χ1v) is 8.40. The van der Waals surface area contributed by atoms with Crippen LogP contribution < -0.4 is 24.8 Å². The summed E-state index contributed by atoms with van der Waals surface area (Å²) in [6.07, 6.45) is 0. The van der Waals surface area contributed by atoms with Crippen LogP contribution >= 0.6 is 24.0 Å². The van der Waals surface area contributed by atoms with Gasteiger partial charge in [-0.25, -0.2) is 0 Å². The lowest BCUT2D eigenvalue weighted by atomic mass is 10.1. The second-order valence-electron chi connectivity index (χ2n) is 5.74. The fraction of sp³-hybridized carbons (Fsp3) is 0.350. The van der Waals surface area contributed by atoms with Gasteiger partial charge in [-0.15, -0.1) is 24.0 Å². The Morgan fingerprint density at radius 1 is 0.926 bits per heavy atom. The predicted octanol–water partition coefficient (Wildman–Crippen LogP) is 3.50. The highest BCUT2D eigenvalue weighted by molar-refractivity contribution is 14.0. The van der Waals surface area contributed by atoms with Gasteiger partial charge in [-0.05, 0) is 35.7 Å². The number of nitrogens with one attached hydrogen (secondary N) is 2. The number of aryl methyl sites for hydroxylation is 1. The molecule has 2 aromatic rings. The van der Waals surface area contributed by atoms with E-state index in [0.717, 1.165) is 11.5 Å². The molecule has 0 atom stereocenters. The molecule has 0 aromatic heterocycles. The maximum Gasteiger partial charge on any atom is 0.203 e. The minimum atomic E-state index is 0. The van der Waals surface area contributed by atoms with Gasteiger partial charge in [0.1, 0.15) is 0 Å². The molecule has 0 aliphatic rings. The summed E-state index contributed by atoms with van der Waals surface area (Å²) in [5, 5.41) is 6.63. The van der Waals surface area contributed by atoms with Crippen LogP contribution in [0.4, 0.5) is 0 Å². The second kappa shape index (κ2) is 11.5. The van der Waals surface area contributed by atoms with Crippen LogP contribution in [0.2, 0.25) is 0 Å². The van der Waals surface area contributed by atoms with Crippen molar-refractivity contribution in [3.63, 3.8) is 0 Å². The number of methoxy groups -OCH3 is 3. The molecule has 27 heavy (non-hydrogen) atoms. The zero-order chi connectivity index (χ0) is 18.9. The molecule has 0 radical (unpaired) electrons. The van der Waals surface area contributed by atoms with Gasteiger partial charge in [-0.2, -0.15) is 0 Å². The summed E-state index contributed by atoms with van der Waals surface area (Å²) in [4.78, 5) is 4.27. The highest BCUT2D eigenvalue weighted by atomic mass is 127. The van der Waals surface area contributed by atoms with Gasteiger partial charge in [-0.1, -0.05) is 24.3 Å². The molecule has 0 bridgehead atoms. The van der Waals surface area contributed by atoms with Crippen LogP contribution in [0.1, 0.15) is 16.7 Å². The summed E-state index contributed by atoms with van der Waals surface area (Å²) in [6.45, 7) is 3.38. The van der Waals surface area contributed by atoms with Crippen molar-refractivity contribution in [3.8, 4) is 17.2 Å². The molecule has 0 saturated heterocycles. The van der Waals surface area contributed by atoms with Crippen LogP contribution in [0.3, 0.4) is 0 Å². The van der Waals surface area contributed by atoms with E-state index in [4.69, 9.17) is 14.2 Å². The molecule has 7 heteroatoms. The zero-order valence-electron chi connectivity index (χ0n) is 16.5. The molecule has 0 unspecified atom stereocenters. The Morgan fingerprint density at radius 3 is 2.04 bits per heavy atom. The molecular weight excluding hydrogens is 457 g/mol. The average Bonchev–Trinajstić information content (AvgIpc) is 2.68. The summed E-state index contributed by atoms with van der Waals surface area (Å²) in [7, 11) is 6.56. The van der Waals surface area contributed by atoms with Crippen molar-refractivity contribution in [3.05, 3.63) is 53.1 Å². The minimum absolute atomic E-state index is 0. The number of aliphatic imine (C=N–C) groups is 1. The number of rotatable bonds is 7. The number of guanidine groups is 1. The van der Waals surface area contributed by atoms with Crippen molar-refractivity contribution in [1.82, 2.24) is 10.6 Å². The van der Waals surface area contributed by atoms with Crippen molar-refractivity contribution >= 4 is 29.9 Å². The molecule has 2 N–H and O–H groups in total. The highest BCUT2D eigenvalue weighted by Crippen LogP contribution is 2.38. The summed E-state index contributed by atoms with van der Waals surface area (Å²) in [5.74, 6) is 2.57. The molecule has 0 aliphatic carbocycles. The van der Waals surface area contributed by atoms with Crippen molar-refractivity contribution in [2.24, 2.45) is 4.99 Å². The Bertz CT molecular complexity index is 741. The second-order valence-corrected chi connectivity index (χ2v) is 5.74. The normalized spacial score (nSPS) is 10.6. The Balaban J connectivity index is 0.00000364. The fourth-order valence-corrected chi connectivity index (χ4v) is 2.63. The lowest BCUT2D eigenvalue weighted by Gasteiger charge is -2.16. The zero-order valence-corrected chi connectivity index (χ0v) is 18.8. The molecule has 0 heterocycles. The van der Waals surface area contributed by atoms with E-state index >= 15 is 0 Å². The summed E-state index contributed by atoms with van der Waals surface area (Å²) in [6, 6.07) is 12.1. The maximum atomic E-state index is 5.39. The Hall–Kier alpha value is -2.16. The predicted molar refractivity (Wildman–Crippen MR) is 120 cm³/mol. The van der Waals surface area contributed by atoms with Gasteiger partial charge in [0.2, 0.25) is 5.75 Å². The fourth-order valence-electron chi connectivity index (χ4n) is 2.63. The van der Waals surface area contributed by atoms with E-state index < -0.39 is 0 Å². The molecule has 6 nitrogen and oxygen atoms in total. The first kappa shape index (κ1) is 22.9. The SMILES string of the molecule is CN=C(NCc1cc(OC)c(OC)c(OC)c1)NCc1ccccc1C.I. The van der Waals surface area contributed by atoms with E-state index in [1.54, 1.807) is 28.4 Å². The largest absolute Gasteiger partial charge is 0.493 e. The summed E-state index contributed by atoms with van der Waals surface area (Å²) in [5.41, 5.74) is 3.49. The standard InChI is InChI=1S/C20H27N3O3.HI/c1-14-8-6-7-9-16(14)13-23-20(21-2)22-12-15-10-17(24-3)19(26-5)18(11-15)25-4;/h6-11H,12-13H2,1-5H3,(H2,21,22,23);1H. The Morgan fingerprint density at radius 2 is 1.52 bits per heavy atom. The summed E-state index contributed by atoms with van der Waals surface area (Å²) < 4.78 is 16.1. The molecule has 0 aliphatic heterocycles. The van der Waals surface area contributed by atoms with Gasteiger partial charge in [0.15, 0.2) is 17.5 Å². The van der Waals surface area contributed by atoms with Crippen molar-refractivity contribution in [1.29, 1.82) is 0 Å². The Kier molecular flexibility index (Phi) is 9.77. The van der Waals surface area contributed by atoms with Crippen LogP contribution in [0.25, 0.3) is 0 Å². The van der Waals surface area contributed by atoms with E-state index in [0.29, 0.717) is 30.3 Å². The topological polar surface area (TPSA) is 64.1 Å². The third-order valence-electron chi connectivity index (χ3n) is 4.12. The van der Waals surface area contributed by atoms with Gasteiger partial charge in [0, 0.05) is 20.1 Å². The molecule has 0 saturated carbocycles. The number of ether oxygens (including phenoxy) is 3. The number of benzene rings is 2. The first-order chi connectivity index (χ1) is 12.6. The molecule has 148 valence electrons. The number of halogens is 1. The summed E-state index contributed by atoms with van der Waals surface area (Å²) >= 11 is 0. The lowest BCUT2D eigenvalue weighted by molar-refractivity contribution is 0.323. The quantitative estimate of drug-likeness (QED) is 0.357. The molecule has 2 rings (SSSR count). The third kappa shape index (κ3) is 6.20. The van der Waals surface area contributed by atoms with E-state index in [1.807, 2.05) is 24.3 Å². The van der Waals surface area contributed by atoms with Crippen molar-refractivity contribution in [2.75, 3.05) is 28.4 Å². The molecular formula is C20H28IN3O3. The van der Waals surface area contributed by atoms with Crippen LogP contribution in [0, 0.1) is 6.92 Å². The smallest absolute Gasteiger partial charge is 0.203 e. The van der Waals surface area contributed by atoms with Crippen molar-refractivity contribution in [2.45, 2.75) is 20.0 Å². The van der Waals surface area contributed by atoms with Gasteiger partial charge < -0.3 is 24.8 Å². The number of hydrogen-bond acceptors (Lipinski definition) is 4. The molecule has 0 spiro atoms. The molecule has 2 aromatic carbocycles. The monoisotopic (exact) mass is 485 g/mol. The van der Waals surface area contributed by atoms with Gasteiger partial charge in [-0.3, -0.25) is 4.99 Å². The van der Waals surface area contributed by atoms with E-state index in [2.05, 4.69) is 34.7 Å². The third-order valence-corrected chi connectivity index (χ3v) is 4.12. The van der Waals surface area contributed by atoms with Crippen LogP contribution in [0.5, 0.6) is 17.2 Å². The lowest BCUT2D eigenvalue weighted by Crippen LogP contribution is -2.36. The molecule has 0 amide bonds. The maximum absolute atomic E-state index is 5.39. The van der Waals surface area contributed by atoms with E-state index in [9.17, 15) is 0 Å². The van der Waals surface area contributed by atoms with Gasteiger partial charge >= 0.3 is 0 Å². The first-order valence-electron chi connectivity index (χ1n) is 8.40. The number of hydrogen-bond donors (Lipinski definition) is 2. The van der Waals surface area contributed by atoms with Gasteiger partial charge in [0.05, 0.1) is 21.3 Å². The average molecular weight is 485 g/mol. The minimum Gasteiger partial charge on any atom is -0.493 e. The van der Waals surface area contributed by atoms with E-state index in [-0.39, 0.29) is 24.0 Å². The van der Waals surface area contributed by atoms with Crippen LogP contribution in [-0.4, -0.2) is 34.3 Å². The Labute approximate surface area is 178 Å². The van der Waals surface area contributed by atoms with Crippen LogP contribution in [-0.2, 0) is 13.1 Å². The van der Waals surface area contributed by atoms with Crippen LogP contribution in [0.15, 0.2) is 41.4 Å². The molecule has 0 fully saturated rings.